The van der Waals surface area contributed by atoms with Gasteiger partial charge in [-0.2, -0.15) is 0 Å². The predicted octanol–water partition coefficient (Wildman–Crippen LogP) is 2.70. The van der Waals surface area contributed by atoms with E-state index in [0.29, 0.717) is 6.42 Å². The first kappa shape index (κ1) is 15.5. The van der Waals surface area contributed by atoms with Gasteiger partial charge in [0.2, 0.25) is 5.91 Å². The lowest BCUT2D eigenvalue weighted by Gasteiger charge is -2.34. The maximum atomic E-state index is 11.3. The van der Waals surface area contributed by atoms with Crippen LogP contribution in [0.1, 0.15) is 40.0 Å². The van der Waals surface area contributed by atoms with Crippen molar-refractivity contribution in [2.75, 3.05) is 0 Å². The van der Waals surface area contributed by atoms with E-state index in [-0.39, 0.29) is 30.2 Å². The molecule has 0 aromatic heterocycles. The predicted molar refractivity (Wildman–Crippen MR) is 73.5 cm³/mol. The molecule has 3 atom stereocenters. The van der Waals surface area contributed by atoms with E-state index in [9.17, 15) is 4.79 Å². The zero-order valence-corrected chi connectivity index (χ0v) is 11.7. The minimum atomic E-state index is -0.293. The van der Waals surface area contributed by atoms with E-state index >= 15 is 0 Å². The molecule has 0 saturated carbocycles. The number of carbonyl (C=O) groups is 1. The van der Waals surface area contributed by atoms with Crippen LogP contribution in [0.15, 0.2) is 17.3 Å². The van der Waals surface area contributed by atoms with E-state index in [2.05, 4.69) is 29.2 Å². The highest BCUT2D eigenvalue weighted by Gasteiger charge is 2.32. The van der Waals surface area contributed by atoms with E-state index in [0.717, 1.165) is 12.8 Å². The van der Waals surface area contributed by atoms with Gasteiger partial charge in [0.05, 0.1) is 24.3 Å². The van der Waals surface area contributed by atoms with Crippen LogP contribution in [0.3, 0.4) is 0 Å². The normalized spacial score (nSPS) is 26.0. The molecule has 0 radical (unpaired) electrons. The lowest BCUT2D eigenvalue weighted by atomic mass is 9.93. The third-order valence-corrected chi connectivity index (χ3v) is 3.30. The minimum Gasteiger partial charge on any atom is -0.369 e. The van der Waals surface area contributed by atoms with Crippen LogP contribution >= 0.6 is 0 Å². The number of ether oxygens (including phenoxy) is 1. The second-order valence-electron chi connectivity index (χ2n) is 4.70. The summed E-state index contributed by atoms with van der Waals surface area (Å²) in [6.45, 7) is 5.59. The smallest absolute Gasteiger partial charge is 0.217 e. The van der Waals surface area contributed by atoms with Crippen LogP contribution in [0.5, 0.6) is 0 Å². The second kappa shape index (κ2) is 7.81. The molecule has 0 aromatic rings. The standard InChI is InChI=1S/C13H22N4O2/c1-4-10(5-2)19-12-8-6-7-11(16-17-14)13(12)15-9(3)18/h6,8,10-13H,4-5,7H2,1-3H3,(H,15,18). The Labute approximate surface area is 113 Å². The van der Waals surface area contributed by atoms with E-state index in [1.165, 1.54) is 6.92 Å². The number of nitrogens with zero attached hydrogens (tertiary/aromatic N) is 3. The van der Waals surface area contributed by atoms with Crippen molar-refractivity contribution in [2.24, 2.45) is 5.11 Å². The van der Waals surface area contributed by atoms with Crippen LogP contribution in [0.2, 0.25) is 0 Å². The molecule has 0 heterocycles. The van der Waals surface area contributed by atoms with Gasteiger partial charge in [0, 0.05) is 11.8 Å². The number of rotatable bonds is 6. The summed E-state index contributed by atoms with van der Waals surface area (Å²) in [4.78, 5) is 14.2. The molecule has 1 rings (SSSR count). The third kappa shape index (κ3) is 4.58. The maximum absolute atomic E-state index is 11.3. The molecule has 6 heteroatoms. The van der Waals surface area contributed by atoms with Gasteiger partial charge in [0.1, 0.15) is 0 Å². The molecule has 0 bridgehead atoms. The lowest BCUT2D eigenvalue weighted by Crippen LogP contribution is -2.52. The summed E-state index contributed by atoms with van der Waals surface area (Å²) in [6.07, 6.45) is 6.26. The largest absolute Gasteiger partial charge is 0.369 e. The van der Waals surface area contributed by atoms with Gasteiger partial charge in [-0.1, -0.05) is 31.1 Å². The summed E-state index contributed by atoms with van der Waals surface area (Å²) in [7, 11) is 0. The van der Waals surface area contributed by atoms with Crippen molar-refractivity contribution < 1.29 is 9.53 Å². The lowest BCUT2D eigenvalue weighted by molar-refractivity contribution is -0.121. The van der Waals surface area contributed by atoms with Crippen LogP contribution in [-0.2, 0) is 9.53 Å². The number of carbonyl (C=O) groups excluding carboxylic acids is 1. The van der Waals surface area contributed by atoms with Gasteiger partial charge in [-0.05, 0) is 24.8 Å². The average molecular weight is 266 g/mol. The van der Waals surface area contributed by atoms with E-state index in [1.54, 1.807) is 0 Å². The maximum Gasteiger partial charge on any atom is 0.217 e. The molecule has 3 unspecified atom stereocenters. The summed E-state index contributed by atoms with van der Waals surface area (Å²) < 4.78 is 5.99. The minimum absolute atomic E-state index is 0.142. The summed E-state index contributed by atoms with van der Waals surface area (Å²) in [5.74, 6) is -0.142. The van der Waals surface area contributed by atoms with E-state index < -0.39 is 0 Å². The molecule has 6 nitrogen and oxygen atoms in total. The molecular weight excluding hydrogens is 244 g/mol. The third-order valence-electron chi connectivity index (χ3n) is 3.30. The van der Waals surface area contributed by atoms with Gasteiger partial charge in [-0.15, -0.1) is 0 Å². The Hall–Kier alpha value is -1.52. The fourth-order valence-corrected chi connectivity index (χ4v) is 2.27. The van der Waals surface area contributed by atoms with Gasteiger partial charge in [0.15, 0.2) is 0 Å². The highest BCUT2D eigenvalue weighted by Crippen LogP contribution is 2.21. The highest BCUT2D eigenvalue weighted by molar-refractivity contribution is 5.73. The molecule has 0 aromatic carbocycles. The molecular formula is C13H22N4O2. The first-order valence-corrected chi connectivity index (χ1v) is 6.75. The number of azide groups is 1. The van der Waals surface area contributed by atoms with Gasteiger partial charge in [0.25, 0.3) is 0 Å². The van der Waals surface area contributed by atoms with Crippen molar-refractivity contribution >= 4 is 5.91 Å². The number of hydrogen-bond acceptors (Lipinski definition) is 3. The van der Waals surface area contributed by atoms with Crippen molar-refractivity contribution in [3.8, 4) is 0 Å². The van der Waals surface area contributed by atoms with Crippen molar-refractivity contribution in [1.29, 1.82) is 0 Å². The Kier molecular flexibility index (Phi) is 6.39. The topological polar surface area (TPSA) is 87.1 Å². The van der Waals surface area contributed by atoms with Crippen LogP contribution in [0.25, 0.3) is 10.4 Å². The van der Waals surface area contributed by atoms with Crippen molar-refractivity contribution in [2.45, 2.75) is 64.3 Å². The van der Waals surface area contributed by atoms with Crippen molar-refractivity contribution in [3.63, 3.8) is 0 Å². The monoisotopic (exact) mass is 266 g/mol. The first-order chi connectivity index (χ1) is 9.12. The summed E-state index contributed by atoms with van der Waals surface area (Å²) in [5, 5.41) is 6.60. The highest BCUT2D eigenvalue weighted by atomic mass is 16.5. The fourth-order valence-electron chi connectivity index (χ4n) is 2.27. The molecule has 106 valence electrons. The van der Waals surface area contributed by atoms with Crippen molar-refractivity contribution in [3.05, 3.63) is 22.6 Å². The Morgan fingerprint density at radius 1 is 1.58 bits per heavy atom. The quantitative estimate of drug-likeness (QED) is 0.347. The van der Waals surface area contributed by atoms with Crippen LogP contribution in [-0.4, -0.2) is 30.2 Å². The zero-order chi connectivity index (χ0) is 14.3. The Morgan fingerprint density at radius 3 is 2.79 bits per heavy atom. The summed E-state index contributed by atoms with van der Waals surface area (Å²) >= 11 is 0. The van der Waals surface area contributed by atoms with Crippen LogP contribution in [0, 0.1) is 0 Å². The van der Waals surface area contributed by atoms with E-state index in [1.807, 2.05) is 12.2 Å². The number of nitrogens with one attached hydrogen (secondary N) is 1. The molecule has 1 aliphatic rings. The Bertz CT molecular complexity index is 373. The molecule has 0 spiro atoms. The molecule has 0 saturated heterocycles. The molecule has 19 heavy (non-hydrogen) atoms. The molecule has 1 aliphatic carbocycles. The number of hydrogen-bond donors (Lipinski definition) is 1. The van der Waals surface area contributed by atoms with Crippen LogP contribution in [0.4, 0.5) is 0 Å². The van der Waals surface area contributed by atoms with Crippen LogP contribution < -0.4 is 5.32 Å². The summed E-state index contributed by atoms with van der Waals surface area (Å²) in [6, 6.07) is -0.586. The van der Waals surface area contributed by atoms with Gasteiger partial charge < -0.3 is 10.1 Å². The van der Waals surface area contributed by atoms with Crippen molar-refractivity contribution in [1.82, 2.24) is 5.32 Å². The van der Waals surface area contributed by atoms with E-state index in [4.69, 9.17) is 10.3 Å². The molecule has 0 aliphatic heterocycles. The average Bonchev–Trinajstić information content (AvgIpc) is 2.39. The van der Waals surface area contributed by atoms with Gasteiger partial charge >= 0.3 is 0 Å². The molecule has 1 N–H and O–H groups in total. The second-order valence-corrected chi connectivity index (χ2v) is 4.70. The zero-order valence-electron chi connectivity index (χ0n) is 11.7. The first-order valence-electron chi connectivity index (χ1n) is 6.75. The Balaban J connectivity index is 2.84. The summed E-state index contributed by atoms with van der Waals surface area (Å²) in [5.41, 5.74) is 8.61. The van der Waals surface area contributed by atoms with Gasteiger partial charge in [-0.3, -0.25) is 4.79 Å². The molecule has 0 fully saturated rings. The SMILES string of the molecule is CCC(CC)OC1C=CCC(N=[N+]=[N-])C1NC(C)=O. The van der Waals surface area contributed by atoms with Gasteiger partial charge in [-0.25, -0.2) is 0 Å². The fraction of sp³-hybridized carbons (Fsp3) is 0.769. The number of amides is 1. The Morgan fingerprint density at radius 2 is 2.26 bits per heavy atom. The molecule has 1 amide bonds.